The van der Waals surface area contributed by atoms with Crippen LogP contribution < -0.4 is 10.1 Å². The lowest BCUT2D eigenvalue weighted by Gasteiger charge is -2.13. The molecule has 1 rings (SSSR count). The highest BCUT2D eigenvalue weighted by atomic mass is 79.9. The molecule has 3 nitrogen and oxygen atoms in total. The van der Waals surface area contributed by atoms with Crippen LogP contribution in [0.4, 0.5) is 18.9 Å². The van der Waals surface area contributed by atoms with Crippen molar-refractivity contribution < 1.29 is 22.7 Å². The average molecular weight is 326 g/mol. The Bertz CT molecular complexity index is 446. The Balaban J connectivity index is 2.82. The second-order valence-corrected chi connectivity index (χ2v) is 4.62. The van der Waals surface area contributed by atoms with Gasteiger partial charge in [-0.15, -0.1) is 0 Å². The van der Waals surface area contributed by atoms with Crippen LogP contribution in [0.15, 0.2) is 22.7 Å². The molecule has 0 heterocycles. The first-order valence-electron chi connectivity index (χ1n) is 5.04. The van der Waals surface area contributed by atoms with E-state index in [1.165, 1.54) is 18.2 Å². The molecule has 0 aliphatic rings. The molecular weight excluding hydrogens is 315 g/mol. The second-order valence-electron chi connectivity index (χ2n) is 3.76. The Morgan fingerprint density at radius 3 is 2.44 bits per heavy atom. The van der Waals surface area contributed by atoms with Gasteiger partial charge in [-0.2, -0.15) is 13.2 Å². The van der Waals surface area contributed by atoms with Gasteiger partial charge in [-0.25, -0.2) is 0 Å². The maximum Gasteiger partial charge on any atom is 0.471 e. The van der Waals surface area contributed by atoms with E-state index in [2.05, 4.69) is 15.9 Å². The Morgan fingerprint density at radius 2 is 2.00 bits per heavy atom. The topological polar surface area (TPSA) is 38.3 Å². The van der Waals surface area contributed by atoms with Crippen molar-refractivity contribution in [2.75, 3.05) is 5.32 Å². The fourth-order valence-corrected chi connectivity index (χ4v) is 1.60. The third kappa shape index (κ3) is 4.21. The lowest BCUT2D eigenvalue weighted by atomic mass is 10.3. The molecule has 0 saturated carbocycles. The van der Waals surface area contributed by atoms with E-state index in [9.17, 15) is 18.0 Å². The lowest BCUT2D eigenvalue weighted by Crippen LogP contribution is -2.29. The minimum atomic E-state index is -4.90. The summed E-state index contributed by atoms with van der Waals surface area (Å²) < 4.78 is 42.0. The summed E-state index contributed by atoms with van der Waals surface area (Å²) in [6.45, 7) is 3.65. The SMILES string of the molecule is CC(C)Oc1ccc(NC(=O)C(F)(F)F)cc1Br. The van der Waals surface area contributed by atoms with Crippen LogP contribution in [0, 0.1) is 0 Å². The highest BCUT2D eigenvalue weighted by Gasteiger charge is 2.38. The molecule has 0 radical (unpaired) electrons. The first-order chi connectivity index (χ1) is 8.20. The predicted molar refractivity (Wildman–Crippen MR) is 64.6 cm³/mol. The third-order valence-electron chi connectivity index (χ3n) is 1.81. The molecule has 0 atom stereocenters. The maximum absolute atomic E-state index is 12.0. The molecule has 0 fully saturated rings. The van der Waals surface area contributed by atoms with E-state index >= 15 is 0 Å². The summed E-state index contributed by atoms with van der Waals surface area (Å²) in [4.78, 5) is 10.7. The van der Waals surface area contributed by atoms with Crippen molar-refractivity contribution >= 4 is 27.5 Å². The molecule has 0 spiro atoms. The van der Waals surface area contributed by atoms with E-state index in [0.29, 0.717) is 10.2 Å². The van der Waals surface area contributed by atoms with E-state index < -0.39 is 12.1 Å². The van der Waals surface area contributed by atoms with Gasteiger partial charge in [-0.1, -0.05) is 0 Å². The van der Waals surface area contributed by atoms with Crippen LogP contribution in [-0.2, 0) is 4.79 Å². The van der Waals surface area contributed by atoms with Gasteiger partial charge in [0.05, 0.1) is 10.6 Å². The molecule has 7 heteroatoms. The fraction of sp³-hybridized carbons (Fsp3) is 0.364. The summed E-state index contributed by atoms with van der Waals surface area (Å²) in [6.07, 6.45) is -4.96. The maximum atomic E-state index is 12.0. The number of nitrogens with one attached hydrogen (secondary N) is 1. The highest BCUT2D eigenvalue weighted by Crippen LogP contribution is 2.29. The molecule has 0 aliphatic heterocycles. The molecule has 1 amide bonds. The highest BCUT2D eigenvalue weighted by molar-refractivity contribution is 9.10. The van der Waals surface area contributed by atoms with E-state index in [0.717, 1.165) is 0 Å². The number of hydrogen-bond donors (Lipinski definition) is 1. The summed E-state index contributed by atoms with van der Waals surface area (Å²) >= 11 is 3.16. The quantitative estimate of drug-likeness (QED) is 0.919. The largest absolute Gasteiger partial charge is 0.490 e. The van der Waals surface area contributed by atoms with Gasteiger partial charge in [-0.3, -0.25) is 4.79 Å². The normalized spacial score (nSPS) is 11.5. The molecule has 1 aromatic carbocycles. The average Bonchev–Trinajstić information content (AvgIpc) is 2.20. The van der Waals surface area contributed by atoms with Crippen LogP contribution in [0.25, 0.3) is 0 Å². The Labute approximate surface area is 110 Å². The van der Waals surface area contributed by atoms with Gasteiger partial charge in [0.25, 0.3) is 0 Å². The van der Waals surface area contributed by atoms with Gasteiger partial charge >= 0.3 is 12.1 Å². The third-order valence-corrected chi connectivity index (χ3v) is 2.43. The zero-order valence-electron chi connectivity index (χ0n) is 9.64. The number of amides is 1. The molecule has 0 unspecified atom stereocenters. The van der Waals surface area contributed by atoms with Gasteiger partial charge in [0, 0.05) is 5.69 Å². The van der Waals surface area contributed by atoms with Crippen LogP contribution in [0.3, 0.4) is 0 Å². The number of alkyl halides is 3. The molecule has 18 heavy (non-hydrogen) atoms. The van der Waals surface area contributed by atoms with Crippen molar-refractivity contribution in [3.05, 3.63) is 22.7 Å². The summed E-state index contributed by atoms with van der Waals surface area (Å²) in [6, 6.07) is 4.17. The Morgan fingerprint density at radius 1 is 1.39 bits per heavy atom. The summed E-state index contributed by atoms with van der Waals surface area (Å²) in [5, 5.41) is 1.75. The van der Waals surface area contributed by atoms with E-state index in [4.69, 9.17) is 4.74 Å². The lowest BCUT2D eigenvalue weighted by molar-refractivity contribution is -0.167. The number of carbonyl (C=O) groups excluding carboxylic acids is 1. The minimum absolute atomic E-state index is 0.0420. The number of benzene rings is 1. The molecule has 0 aromatic heterocycles. The van der Waals surface area contributed by atoms with Crippen LogP contribution >= 0.6 is 15.9 Å². The smallest absolute Gasteiger partial charge is 0.471 e. The molecule has 0 saturated heterocycles. The number of hydrogen-bond acceptors (Lipinski definition) is 2. The van der Waals surface area contributed by atoms with Crippen molar-refractivity contribution in [2.24, 2.45) is 0 Å². The zero-order valence-corrected chi connectivity index (χ0v) is 11.2. The van der Waals surface area contributed by atoms with E-state index in [1.807, 2.05) is 13.8 Å². The monoisotopic (exact) mass is 325 g/mol. The number of halogens is 4. The van der Waals surface area contributed by atoms with Crippen LogP contribution in [0.2, 0.25) is 0 Å². The Hall–Kier alpha value is -1.24. The standard InChI is InChI=1S/C11H11BrF3NO2/c1-6(2)18-9-4-3-7(5-8(9)12)16-10(17)11(13,14)15/h3-6H,1-2H3,(H,16,17). The summed E-state index contributed by atoms with van der Waals surface area (Å²) in [5.74, 6) is -1.51. The summed E-state index contributed by atoms with van der Waals surface area (Å²) in [7, 11) is 0. The van der Waals surface area contributed by atoms with Crippen LogP contribution in [0.5, 0.6) is 5.75 Å². The first-order valence-corrected chi connectivity index (χ1v) is 5.84. The van der Waals surface area contributed by atoms with Gasteiger partial charge in [0.15, 0.2) is 0 Å². The molecular formula is C11H11BrF3NO2. The van der Waals surface area contributed by atoms with Crippen molar-refractivity contribution in [3.63, 3.8) is 0 Å². The molecule has 1 N–H and O–H groups in total. The minimum Gasteiger partial charge on any atom is -0.490 e. The van der Waals surface area contributed by atoms with E-state index in [-0.39, 0.29) is 11.8 Å². The first kappa shape index (κ1) is 14.8. The van der Waals surface area contributed by atoms with Crippen molar-refractivity contribution in [1.29, 1.82) is 0 Å². The Kier molecular flexibility index (Phi) is 4.61. The zero-order chi connectivity index (χ0) is 13.9. The number of carbonyl (C=O) groups is 1. The van der Waals surface area contributed by atoms with Gasteiger partial charge in [0.2, 0.25) is 0 Å². The second kappa shape index (κ2) is 5.60. The van der Waals surface area contributed by atoms with Crippen LogP contribution in [0.1, 0.15) is 13.8 Å². The van der Waals surface area contributed by atoms with Gasteiger partial charge < -0.3 is 10.1 Å². The van der Waals surface area contributed by atoms with Crippen LogP contribution in [-0.4, -0.2) is 18.2 Å². The van der Waals surface area contributed by atoms with Gasteiger partial charge in [-0.05, 0) is 48.0 Å². The molecule has 0 bridgehead atoms. The van der Waals surface area contributed by atoms with Crippen molar-refractivity contribution in [1.82, 2.24) is 0 Å². The van der Waals surface area contributed by atoms with Crippen molar-refractivity contribution in [3.8, 4) is 5.75 Å². The number of rotatable bonds is 3. The number of ether oxygens (including phenoxy) is 1. The van der Waals surface area contributed by atoms with Gasteiger partial charge in [0.1, 0.15) is 5.75 Å². The van der Waals surface area contributed by atoms with E-state index in [1.54, 1.807) is 5.32 Å². The molecule has 0 aliphatic carbocycles. The predicted octanol–water partition coefficient (Wildman–Crippen LogP) is 3.74. The molecule has 1 aromatic rings. The summed E-state index contributed by atoms with van der Waals surface area (Å²) in [5.41, 5.74) is 0.0420. The fourth-order valence-electron chi connectivity index (χ4n) is 1.13. The molecule has 100 valence electrons. The van der Waals surface area contributed by atoms with Crippen molar-refractivity contribution in [2.45, 2.75) is 26.1 Å². The number of anilines is 1.